The zero-order valence-corrected chi connectivity index (χ0v) is 20.0. The number of ether oxygens (including phenoxy) is 1. The number of carbonyl (C=O) groups excluding carboxylic acids is 1. The van der Waals surface area contributed by atoms with Gasteiger partial charge in [-0.3, -0.25) is 9.69 Å². The topological polar surface area (TPSA) is 62.6 Å². The molecular formula is C26H35N5O2. The highest BCUT2D eigenvalue weighted by Gasteiger charge is 2.19. The lowest BCUT2D eigenvalue weighted by atomic mass is 10.2. The number of benzene rings is 2. The van der Waals surface area contributed by atoms with Gasteiger partial charge in [-0.2, -0.15) is 0 Å². The number of aromatic nitrogens is 2. The molecule has 1 fully saturated rings. The lowest BCUT2D eigenvalue weighted by Crippen LogP contribution is -2.45. The van der Waals surface area contributed by atoms with Gasteiger partial charge in [0.05, 0.1) is 17.6 Å². The molecule has 3 aromatic rings. The first-order chi connectivity index (χ1) is 16.1. The van der Waals surface area contributed by atoms with Crippen molar-refractivity contribution >= 4 is 22.6 Å². The van der Waals surface area contributed by atoms with Crippen LogP contribution in [-0.4, -0.2) is 64.6 Å². The summed E-state index contributed by atoms with van der Waals surface area (Å²) in [4.78, 5) is 22.3. The van der Waals surface area contributed by atoms with Crippen LogP contribution in [0.4, 0.5) is 5.69 Å². The van der Waals surface area contributed by atoms with Crippen LogP contribution in [-0.2, 0) is 17.9 Å². The zero-order valence-electron chi connectivity index (χ0n) is 20.0. The second kappa shape index (κ2) is 10.8. The Balaban J connectivity index is 1.43. The molecule has 33 heavy (non-hydrogen) atoms. The fourth-order valence-electron chi connectivity index (χ4n) is 4.30. The smallest absolute Gasteiger partial charge is 0.262 e. The minimum atomic E-state index is -0.183. The number of likely N-dealkylation sites (N-methyl/N-ethyl adjacent to an activating group) is 1. The molecule has 4 rings (SSSR count). The third-order valence-corrected chi connectivity index (χ3v) is 6.23. The van der Waals surface area contributed by atoms with Gasteiger partial charge in [0.2, 0.25) is 0 Å². The fraction of sp³-hybridized carbons (Fsp3) is 0.462. The number of fused-ring (bicyclic) bond motifs is 1. The molecule has 7 heteroatoms. The lowest BCUT2D eigenvalue weighted by molar-refractivity contribution is -0.118. The Labute approximate surface area is 196 Å². The van der Waals surface area contributed by atoms with Gasteiger partial charge < -0.3 is 19.5 Å². The molecule has 0 bridgehead atoms. The summed E-state index contributed by atoms with van der Waals surface area (Å²) in [6, 6.07) is 13.7. The van der Waals surface area contributed by atoms with E-state index in [0.717, 1.165) is 80.3 Å². The van der Waals surface area contributed by atoms with Crippen LogP contribution in [0, 0.1) is 6.92 Å². The van der Waals surface area contributed by atoms with Crippen molar-refractivity contribution in [3.8, 4) is 5.75 Å². The first kappa shape index (κ1) is 23.3. The molecule has 1 aromatic heterocycles. The highest BCUT2D eigenvalue weighted by atomic mass is 16.5. The van der Waals surface area contributed by atoms with Gasteiger partial charge in [0.1, 0.15) is 11.6 Å². The molecule has 0 radical (unpaired) electrons. The van der Waals surface area contributed by atoms with Crippen LogP contribution in [0.15, 0.2) is 42.5 Å². The van der Waals surface area contributed by atoms with Gasteiger partial charge in [0.15, 0.2) is 6.61 Å². The molecule has 2 heterocycles. The molecular weight excluding hydrogens is 414 g/mol. The largest absolute Gasteiger partial charge is 0.484 e. The molecule has 7 nitrogen and oxygen atoms in total. The number of aryl methyl sites for hydroxylation is 2. The number of hydrogen-bond acceptors (Lipinski definition) is 5. The van der Waals surface area contributed by atoms with Gasteiger partial charge in [-0.05, 0) is 50.2 Å². The molecule has 2 aromatic carbocycles. The van der Waals surface area contributed by atoms with Crippen molar-refractivity contribution in [1.82, 2.24) is 19.4 Å². The van der Waals surface area contributed by atoms with E-state index in [2.05, 4.69) is 39.6 Å². The van der Waals surface area contributed by atoms with Gasteiger partial charge in [0.25, 0.3) is 5.91 Å². The van der Waals surface area contributed by atoms with E-state index in [4.69, 9.17) is 9.72 Å². The third kappa shape index (κ3) is 5.92. The summed E-state index contributed by atoms with van der Waals surface area (Å²) < 4.78 is 7.92. The SMILES string of the molecule is CCCn1c(CN2CCN(CC)CC2)nc2cc(NC(=O)COc3ccc(C)cc3)ccc21. The monoisotopic (exact) mass is 449 g/mol. The number of rotatable bonds is 9. The van der Waals surface area contributed by atoms with E-state index in [0.29, 0.717) is 5.75 Å². The van der Waals surface area contributed by atoms with E-state index in [-0.39, 0.29) is 12.5 Å². The quantitative estimate of drug-likeness (QED) is 0.537. The number of nitrogens with one attached hydrogen (secondary N) is 1. The van der Waals surface area contributed by atoms with E-state index < -0.39 is 0 Å². The number of nitrogens with zero attached hydrogens (tertiary/aromatic N) is 4. The Hall–Kier alpha value is -2.90. The van der Waals surface area contributed by atoms with E-state index >= 15 is 0 Å². The Morgan fingerprint density at radius 2 is 1.76 bits per heavy atom. The van der Waals surface area contributed by atoms with Crippen LogP contribution in [0.2, 0.25) is 0 Å². The number of hydrogen-bond donors (Lipinski definition) is 1. The van der Waals surface area contributed by atoms with Crippen LogP contribution in [0.25, 0.3) is 11.0 Å². The zero-order chi connectivity index (χ0) is 23.2. The predicted molar refractivity (Wildman–Crippen MR) is 133 cm³/mol. The van der Waals surface area contributed by atoms with Crippen molar-refractivity contribution in [2.75, 3.05) is 44.6 Å². The first-order valence-electron chi connectivity index (χ1n) is 12.0. The van der Waals surface area contributed by atoms with Crippen LogP contribution < -0.4 is 10.1 Å². The second-order valence-electron chi connectivity index (χ2n) is 8.74. The van der Waals surface area contributed by atoms with Gasteiger partial charge in [-0.25, -0.2) is 4.98 Å². The van der Waals surface area contributed by atoms with Crippen LogP contribution >= 0.6 is 0 Å². The molecule has 176 valence electrons. The van der Waals surface area contributed by atoms with E-state index in [1.54, 1.807) is 0 Å². The van der Waals surface area contributed by atoms with Gasteiger partial charge in [0, 0.05) is 38.4 Å². The number of amides is 1. The summed E-state index contributed by atoms with van der Waals surface area (Å²) in [5.74, 6) is 1.61. The summed E-state index contributed by atoms with van der Waals surface area (Å²) in [7, 11) is 0. The lowest BCUT2D eigenvalue weighted by Gasteiger charge is -2.33. The normalized spacial score (nSPS) is 15.1. The van der Waals surface area contributed by atoms with Crippen LogP contribution in [0.5, 0.6) is 5.75 Å². The fourth-order valence-corrected chi connectivity index (χ4v) is 4.30. The van der Waals surface area contributed by atoms with Crippen LogP contribution in [0.1, 0.15) is 31.7 Å². The Morgan fingerprint density at radius 1 is 1.03 bits per heavy atom. The van der Waals surface area contributed by atoms with Crippen molar-refractivity contribution in [3.63, 3.8) is 0 Å². The van der Waals surface area contributed by atoms with E-state index in [1.807, 2.05) is 43.3 Å². The van der Waals surface area contributed by atoms with Crippen LogP contribution in [0.3, 0.4) is 0 Å². The molecule has 1 aliphatic rings. The molecule has 1 amide bonds. The maximum absolute atomic E-state index is 12.4. The van der Waals surface area contributed by atoms with Gasteiger partial charge >= 0.3 is 0 Å². The number of carbonyl (C=O) groups is 1. The number of piperazine rings is 1. The van der Waals surface area contributed by atoms with Gasteiger partial charge in [-0.15, -0.1) is 0 Å². The summed E-state index contributed by atoms with van der Waals surface area (Å²) in [5, 5.41) is 2.94. The highest BCUT2D eigenvalue weighted by molar-refractivity contribution is 5.94. The molecule has 0 unspecified atom stereocenters. The maximum Gasteiger partial charge on any atom is 0.262 e. The Morgan fingerprint density at radius 3 is 2.45 bits per heavy atom. The number of anilines is 1. The average molecular weight is 450 g/mol. The maximum atomic E-state index is 12.4. The third-order valence-electron chi connectivity index (χ3n) is 6.23. The molecule has 1 aliphatic heterocycles. The van der Waals surface area contributed by atoms with Crippen molar-refractivity contribution in [1.29, 1.82) is 0 Å². The first-order valence-corrected chi connectivity index (χ1v) is 12.0. The minimum Gasteiger partial charge on any atom is -0.484 e. The molecule has 0 spiro atoms. The number of imidazole rings is 1. The van der Waals surface area contributed by atoms with Crippen molar-refractivity contribution in [2.45, 2.75) is 40.3 Å². The van der Waals surface area contributed by atoms with Crippen molar-refractivity contribution < 1.29 is 9.53 Å². The summed E-state index contributed by atoms with van der Waals surface area (Å²) in [5.41, 5.74) is 3.94. The van der Waals surface area contributed by atoms with E-state index in [9.17, 15) is 4.79 Å². The minimum absolute atomic E-state index is 0.0274. The van der Waals surface area contributed by atoms with Crippen molar-refractivity contribution in [3.05, 3.63) is 53.9 Å². The highest BCUT2D eigenvalue weighted by Crippen LogP contribution is 2.22. The van der Waals surface area contributed by atoms with Crippen molar-refractivity contribution in [2.24, 2.45) is 0 Å². The summed E-state index contributed by atoms with van der Waals surface area (Å²) in [6.07, 6.45) is 1.05. The van der Waals surface area contributed by atoms with E-state index in [1.165, 1.54) is 0 Å². The standard InChI is InChI=1S/C26H35N5O2/c1-4-12-31-24-11-8-21(27-26(32)19-33-22-9-6-20(3)7-10-22)17-23(24)28-25(31)18-30-15-13-29(5-2)14-16-30/h6-11,17H,4-5,12-16,18-19H2,1-3H3,(H,27,32). The summed E-state index contributed by atoms with van der Waals surface area (Å²) in [6.45, 7) is 13.7. The second-order valence-corrected chi connectivity index (χ2v) is 8.74. The predicted octanol–water partition coefficient (Wildman–Crippen LogP) is 3.91. The summed E-state index contributed by atoms with van der Waals surface area (Å²) >= 11 is 0. The molecule has 1 N–H and O–H groups in total. The average Bonchev–Trinajstić information content (AvgIpc) is 3.15. The Kier molecular flexibility index (Phi) is 7.62. The molecule has 0 aliphatic carbocycles. The van der Waals surface area contributed by atoms with Gasteiger partial charge in [-0.1, -0.05) is 31.5 Å². The molecule has 1 saturated heterocycles. The molecule has 0 saturated carbocycles. The molecule has 0 atom stereocenters. The Bertz CT molecular complexity index is 1070.